The molecule has 2 fully saturated rings. The number of carboxylic acid groups (broad SMARTS) is 1. The lowest BCUT2D eigenvalue weighted by molar-refractivity contribution is -0.138. The first-order valence-corrected chi connectivity index (χ1v) is 7.03. The van der Waals surface area contributed by atoms with E-state index in [4.69, 9.17) is 5.11 Å². The summed E-state index contributed by atoms with van der Waals surface area (Å²) in [7, 11) is 0. The summed E-state index contributed by atoms with van der Waals surface area (Å²) in [5.74, 6) is -1.00. The van der Waals surface area contributed by atoms with E-state index in [1.54, 1.807) is 4.90 Å². The summed E-state index contributed by atoms with van der Waals surface area (Å²) in [6.45, 7) is 6.23. The van der Waals surface area contributed by atoms with Crippen molar-refractivity contribution < 1.29 is 14.7 Å². The van der Waals surface area contributed by atoms with Crippen LogP contribution in [0.15, 0.2) is 0 Å². The molecule has 0 bridgehead atoms. The number of aliphatic carboxylic acids is 1. The number of piperazine rings is 1. The van der Waals surface area contributed by atoms with Crippen molar-refractivity contribution in [1.82, 2.24) is 15.1 Å². The Morgan fingerprint density at radius 1 is 1.32 bits per heavy atom. The Labute approximate surface area is 113 Å². The van der Waals surface area contributed by atoms with Crippen LogP contribution < -0.4 is 5.32 Å². The summed E-state index contributed by atoms with van der Waals surface area (Å²) in [5.41, 5.74) is 0. The van der Waals surface area contributed by atoms with E-state index in [9.17, 15) is 9.59 Å². The van der Waals surface area contributed by atoms with Crippen molar-refractivity contribution in [2.45, 2.75) is 51.2 Å². The van der Waals surface area contributed by atoms with Gasteiger partial charge in [0.25, 0.3) is 0 Å². The number of nitrogens with zero attached hydrogens (tertiary/aromatic N) is 2. The van der Waals surface area contributed by atoms with Gasteiger partial charge in [-0.3, -0.25) is 9.69 Å². The Kier molecular flexibility index (Phi) is 4.29. The Balaban J connectivity index is 1.95. The zero-order valence-corrected chi connectivity index (χ0v) is 11.6. The zero-order valence-electron chi connectivity index (χ0n) is 11.6. The largest absolute Gasteiger partial charge is 0.480 e. The molecule has 2 N–H and O–H groups in total. The van der Waals surface area contributed by atoms with Crippen molar-refractivity contribution in [3.8, 4) is 0 Å². The number of rotatable bonds is 2. The normalized spacial score (nSPS) is 29.5. The van der Waals surface area contributed by atoms with Gasteiger partial charge in [-0.2, -0.15) is 0 Å². The van der Waals surface area contributed by atoms with Crippen molar-refractivity contribution >= 4 is 12.0 Å². The standard InChI is InChI=1S/C13H23N3O3/c1-9-7-15-6-4-3-5-11(15)8-16(9)13(19)14-10(2)12(17)18/h9-11H,3-8H2,1-2H3,(H,14,19)(H,17,18)/t9?,10-,11?/m1/s1. The molecule has 2 saturated heterocycles. The van der Waals surface area contributed by atoms with Gasteiger partial charge in [0, 0.05) is 25.2 Å². The Bertz CT molecular complexity index is 361. The van der Waals surface area contributed by atoms with Crippen LogP contribution in [-0.4, -0.2) is 64.7 Å². The van der Waals surface area contributed by atoms with E-state index in [0.717, 1.165) is 19.5 Å². The molecule has 0 aromatic rings. The van der Waals surface area contributed by atoms with E-state index in [2.05, 4.69) is 10.2 Å². The van der Waals surface area contributed by atoms with Gasteiger partial charge in [0.2, 0.25) is 0 Å². The fraction of sp³-hybridized carbons (Fsp3) is 0.846. The number of carboxylic acids is 1. The number of carbonyl (C=O) groups is 2. The molecule has 6 nitrogen and oxygen atoms in total. The molecule has 2 aliphatic heterocycles. The third-order valence-electron chi connectivity index (χ3n) is 4.16. The lowest BCUT2D eigenvalue weighted by Gasteiger charge is -2.47. The van der Waals surface area contributed by atoms with Crippen molar-refractivity contribution in [2.24, 2.45) is 0 Å². The molecule has 2 unspecified atom stereocenters. The highest BCUT2D eigenvalue weighted by Gasteiger charge is 2.35. The highest BCUT2D eigenvalue weighted by atomic mass is 16.4. The lowest BCUT2D eigenvalue weighted by Crippen LogP contribution is -2.62. The van der Waals surface area contributed by atoms with Crippen LogP contribution in [-0.2, 0) is 4.79 Å². The molecule has 0 aromatic carbocycles. The molecule has 2 amide bonds. The zero-order chi connectivity index (χ0) is 14.0. The minimum atomic E-state index is -1.00. The predicted molar refractivity (Wildman–Crippen MR) is 71.0 cm³/mol. The summed E-state index contributed by atoms with van der Waals surface area (Å²) < 4.78 is 0. The van der Waals surface area contributed by atoms with Gasteiger partial charge in [-0.25, -0.2) is 4.79 Å². The summed E-state index contributed by atoms with van der Waals surface area (Å²) in [6.07, 6.45) is 3.59. The summed E-state index contributed by atoms with van der Waals surface area (Å²) in [5, 5.41) is 11.4. The third kappa shape index (κ3) is 3.18. The smallest absolute Gasteiger partial charge is 0.325 e. The molecular weight excluding hydrogens is 246 g/mol. The maximum Gasteiger partial charge on any atom is 0.325 e. The average Bonchev–Trinajstić information content (AvgIpc) is 2.37. The van der Waals surface area contributed by atoms with E-state index in [1.807, 2.05) is 6.92 Å². The highest BCUT2D eigenvalue weighted by molar-refractivity contribution is 5.82. The molecule has 2 rings (SSSR count). The molecule has 19 heavy (non-hydrogen) atoms. The minimum absolute atomic E-state index is 0.135. The van der Waals surface area contributed by atoms with Crippen molar-refractivity contribution in [3.05, 3.63) is 0 Å². The van der Waals surface area contributed by atoms with Gasteiger partial charge in [0.05, 0.1) is 0 Å². The molecule has 0 aromatic heterocycles. The monoisotopic (exact) mass is 269 g/mol. The summed E-state index contributed by atoms with van der Waals surface area (Å²) in [6, 6.07) is -0.525. The van der Waals surface area contributed by atoms with Crippen LogP contribution in [0.4, 0.5) is 4.79 Å². The number of amides is 2. The number of piperidine rings is 1. The van der Waals surface area contributed by atoms with Gasteiger partial charge < -0.3 is 15.3 Å². The van der Waals surface area contributed by atoms with Crippen LogP contribution in [0.5, 0.6) is 0 Å². The number of carbonyl (C=O) groups excluding carboxylic acids is 1. The molecule has 0 aliphatic carbocycles. The first kappa shape index (κ1) is 14.1. The van der Waals surface area contributed by atoms with Crippen LogP contribution in [0.25, 0.3) is 0 Å². The van der Waals surface area contributed by atoms with Crippen LogP contribution in [0.1, 0.15) is 33.1 Å². The van der Waals surface area contributed by atoms with Crippen LogP contribution in [0, 0.1) is 0 Å². The van der Waals surface area contributed by atoms with E-state index in [-0.39, 0.29) is 12.1 Å². The fourth-order valence-electron chi connectivity index (χ4n) is 2.96. The maximum absolute atomic E-state index is 12.1. The topological polar surface area (TPSA) is 72.9 Å². The van der Waals surface area contributed by atoms with Crippen LogP contribution in [0.2, 0.25) is 0 Å². The van der Waals surface area contributed by atoms with E-state index < -0.39 is 12.0 Å². The predicted octanol–water partition coefficient (Wildman–Crippen LogP) is 0.728. The van der Waals surface area contributed by atoms with Gasteiger partial charge >= 0.3 is 12.0 Å². The van der Waals surface area contributed by atoms with E-state index in [1.165, 1.54) is 19.8 Å². The van der Waals surface area contributed by atoms with Gasteiger partial charge in [0.15, 0.2) is 0 Å². The molecular formula is C13H23N3O3. The molecule has 6 heteroatoms. The van der Waals surface area contributed by atoms with Gasteiger partial charge in [-0.1, -0.05) is 6.42 Å². The molecule has 2 heterocycles. The highest BCUT2D eigenvalue weighted by Crippen LogP contribution is 2.23. The van der Waals surface area contributed by atoms with Crippen LogP contribution >= 0.6 is 0 Å². The van der Waals surface area contributed by atoms with Crippen molar-refractivity contribution in [1.29, 1.82) is 0 Å². The van der Waals surface area contributed by atoms with E-state index >= 15 is 0 Å². The molecule has 0 saturated carbocycles. The second kappa shape index (κ2) is 5.77. The van der Waals surface area contributed by atoms with Gasteiger partial charge in [-0.15, -0.1) is 0 Å². The second-order valence-corrected chi connectivity index (χ2v) is 5.66. The fourth-order valence-corrected chi connectivity index (χ4v) is 2.96. The minimum Gasteiger partial charge on any atom is -0.480 e. The number of hydrogen-bond acceptors (Lipinski definition) is 3. The van der Waals surface area contributed by atoms with Gasteiger partial charge in [-0.05, 0) is 33.2 Å². The molecule has 0 radical (unpaired) electrons. The summed E-state index contributed by atoms with van der Waals surface area (Å²) >= 11 is 0. The number of nitrogens with one attached hydrogen (secondary N) is 1. The number of hydrogen-bond donors (Lipinski definition) is 2. The first-order chi connectivity index (χ1) is 8.99. The Hall–Kier alpha value is -1.30. The molecule has 3 atom stereocenters. The molecule has 0 spiro atoms. The van der Waals surface area contributed by atoms with Crippen LogP contribution in [0.3, 0.4) is 0 Å². The maximum atomic E-state index is 12.1. The molecule has 108 valence electrons. The molecule has 2 aliphatic rings. The Morgan fingerprint density at radius 2 is 2.05 bits per heavy atom. The quantitative estimate of drug-likeness (QED) is 0.775. The Morgan fingerprint density at radius 3 is 2.74 bits per heavy atom. The number of fused-ring (bicyclic) bond motifs is 1. The van der Waals surface area contributed by atoms with Crippen molar-refractivity contribution in [2.75, 3.05) is 19.6 Å². The average molecular weight is 269 g/mol. The second-order valence-electron chi connectivity index (χ2n) is 5.66. The third-order valence-corrected chi connectivity index (χ3v) is 4.16. The summed E-state index contributed by atoms with van der Waals surface area (Å²) in [4.78, 5) is 27.2. The lowest BCUT2D eigenvalue weighted by atomic mass is 9.97. The first-order valence-electron chi connectivity index (χ1n) is 7.03. The van der Waals surface area contributed by atoms with Gasteiger partial charge in [0.1, 0.15) is 6.04 Å². The SMILES string of the molecule is CC1CN2CCCCC2CN1C(=O)N[C@H](C)C(=O)O. The van der Waals surface area contributed by atoms with E-state index in [0.29, 0.717) is 12.6 Å². The number of urea groups is 1. The van der Waals surface area contributed by atoms with Crippen molar-refractivity contribution in [3.63, 3.8) is 0 Å².